The Balaban J connectivity index is 2.37. The molecule has 18 heavy (non-hydrogen) atoms. The van der Waals surface area contributed by atoms with Crippen LogP contribution >= 0.6 is 0 Å². The number of carboxylic acids is 1. The van der Waals surface area contributed by atoms with Crippen LogP contribution in [0.2, 0.25) is 0 Å². The van der Waals surface area contributed by atoms with Gasteiger partial charge in [0.2, 0.25) is 0 Å². The highest BCUT2D eigenvalue weighted by Gasteiger charge is 2.10. The van der Waals surface area contributed by atoms with Crippen molar-refractivity contribution in [3.63, 3.8) is 0 Å². The minimum atomic E-state index is -0.811. The summed E-state index contributed by atoms with van der Waals surface area (Å²) in [6.07, 6.45) is 6.15. The van der Waals surface area contributed by atoms with Crippen molar-refractivity contribution >= 4 is 5.97 Å². The fraction of sp³-hybridized carbons (Fsp3) is 0.308. The van der Waals surface area contributed by atoms with Crippen molar-refractivity contribution in [2.24, 2.45) is 7.05 Å². The SMILES string of the molecule is Cc1ncc(CCC(=O)O)c(-c2ccn(C)c2)n1. The van der Waals surface area contributed by atoms with E-state index in [-0.39, 0.29) is 6.42 Å². The van der Waals surface area contributed by atoms with E-state index in [9.17, 15) is 4.79 Å². The predicted octanol–water partition coefficient (Wildman–Crippen LogP) is 1.81. The molecule has 2 aromatic rings. The normalized spacial score (nSPS) is 10.6. The van der Waals surface area contributed by atoms with Crippen molar-refractivity contribution in [2.45, 2.75) is 19.8 Å². The summed E-state index contributed by atoms with van der Waals surface area (Å²) >= 11 is 0. The maximum Gasteiger partial charge on any atom is 0.303 e. The van der Waals surface area contributed by atoms with Crippen molar-refractivity contribution in [2.75, 3.05) is 0 Å². The van der Waals surface area contributed by atoms with Crippen molar-refractivity contribution in [3.05, 3.63) is 36.0 Å². The van der Waals surface area contributed by atoms with Gasteiger partial charge in [0.1, 0.15) is 5.82 Å². The quantitative estimate of drug-likeness (QED) is 0.892. The van der Waals surface area contributed by atoms with Crippen LogP contribution < -0.4 is 0 Å². The molecule has 0 aliphatic rings. The Morgan fingerprint density at radius 2 is 2.28 bits per heavy atom. The van der Waals surface area contributed by atoms with Crippen molar-refractivity contribution < 1.29 is 9.90 Å². The van der Waals surface area contributed by atoms with Gasteiger partial charge in [-0.05, 0) is 25.0 Å². The minimum absolute atomic E-state index is 0.0895. The zero-order chi connectivity index (χ0) is 13.1. The summed E-state index contributed by atoms with van der Waals surface area (Å²) in [6, 6.07) is 1.96. The summed E-state index contributed by atoms with van der Waals surface area (Å²) in [5.41, 5.74) is 2.68. The molecule has 0 amide bonds. The van der Waals surface area contributed by atoms with E-state index in [1.54, 1.807) is 6.20 Å². The molecule has 5 nitrogen and oxygen atoms in total. The molecule has 2 heterocycles. The Kier molecular flexibility index (Phi) is 3.41. The fourth-order valence-electron chi connectivity index (χ4n) is 1.81. The minimum Gasteiger partial charge on any atom is -0.481 e. The molecular weight excluding hydrogens is 230 g/mol. The summed E-state index contributed by atoms with van der Waals surface area (Å²) in [6.45, 7) is 1.83. The van der Waals surface area contributed by atoms with E-state index in [4.69, 9.17) is 5.11 Å². The lowest BCUT2D eigenvalue weighted by molar-refractivity contribution is -0.136. The van der Waals surface area contributed by atoms with Crippen molar-refractivity contribution in [1.29, 1.82) is 0 Å². The van der Waals surface area contributed by atoms with Crippen LogP contribution in [0.5, 0.6) is 0 Å². The smallest absolute Gasteiger partial charge is 0.303 e. The Morgan fingerprint density at radius 3 is 2.89 bits per heavy atom. The first-order valence-electron chi connectivity index (χ1n) is 5.73. The van der Waals surface area contributed by atoms with Crippen molar-refractivity contribution in [1.82, 2.24) is 14.5 Å². The van der Waals surface area contributed by atoms with E-state index in [1.165, 1.54) is 0 Å². The van der Waals surface area contributed by atoms with E-state index in [2.05, 4.69) is 9.97 Å². The standard InChI is InChI=1S/C13H15N3O2/c1-9-14-7-10(3-4-12(17)18)13(15-9)11-5-6-16(2)8-11/h5-8H,3-4H2,1-2H3,(H,17,18). The summed E-state index contributed by atoms with van der Waals surface area (Å²) < 4.78 is 1.94. The van der Waals surface area contributed by atoms with E-state index in [1.807, 2.05) is 37.0 Å². The number of hydrogen-bond donors (Lipinski definition) is 1. The van der Waals surface area contributed by atoms with Gasteiger partial charge in [-0.1, -0.05) is 0 Å². The highest BCUT2D eigenvalue weighted by molar-refractivity contribution is 5.68. The monoisotopic (exact) mass is 245 g/mol. The molecule has 0 radical (unpaired) electrons. The van der Waals surface area contributed by atoms with E-state index < -0.39 is 5.97 Å². The van der Waals surface area contributed by atoms with Gasteiger partial charge in [0.25, 0.3) is 0 Å². The summed E-state index contributed by atoms with van der Waals surface area (Å²) in [7, 11) is 1.94. The Labute approximate surface area is 105 Å². The first kappa shape index (κ1) is 12.3. The molecule has 0 saturated heterocycles. The number of aromatic nitrogens is 3. The van der Waals surface area contributed by atoms with Gasteiger partial charge in [-0.15, -0.1) is 0 Å². The third-order valence-electron chi connectivity index (χ3n) is 2.70. The van der Waals surface area contributed by atoms with Crippen LogP contribution in [0.3, 0.4) is 0 Å². The second kappa shape index (κ2) is 5.00. The van der Waals surface area contributed by atoms with Crippen LogP contribution in [0, 0.1) is 6.92 Å². The summed E-state index contributed by atoms with van der Waals surface area (Å²) in [4.78, 5) is 19.2. The fourth-order valence-corrected chi connectivity index (χ4v) is 1.81. The lowest BCUT2D eigenvalue weighted by atomic mass is 10.1. The number of rotatable bonds is 4. The number of nitrogens with zero attached hydrogens (tertiary/aromatic N) is 3. The van der Waals surface area contributed by atoms with Crippen LogP contribution in [0.15, 0.2) is 24.7 Å². The Bertz CT molecular complexity index is 575. The lowest BCUT2D eigenvalue weighted by Crippen LogP contribution is -2.02. The molecule has 2 aromatic heterocycles. The van der Waals surface area contributed by atoms with Crippen LogP contribution in [-0.2, 0) is 18.3 Å². The highest BCUT2D eigenvalue weighted by Crippen LogP contribution is 2.22. The van der Waals surface area contributed by atoms with Gasteiger partial charge in [-0.2, -0.15) is 0 Å². The molecule has 0 aromatic carbocycles. The van der Waals surface area contributed by atoms with Crippen LogP contribution in [0.25, 0.3) is 11.3 Å². The topological polar surface area (TPSA) is 68.0 Å². The van der Waals surface area contributed by atoms with Gasteiger partial charge in [-0.25, -0.2) is 9.97 Å². The van der Waals surface area contributed by atoms with Gasteiger partial charge >= 0.3 is 5.97 Å². The number of carbonyl (C=O) groups is 1. The summed E-state index contributed by atoms with van der Waals surface area (Å²) in [5, 5.41) is 8.75. The molecule has 0 saturated carbocycles. The number of aliphatic carboxylic acids is 1. The lowest BCUT2D eigenvalue weighted by Gasteiger charge is -2.06. The molecule has 0 spiro atoms. The third-order valence-corrected chi connectivity index (χ3v) is 2.70. The average molecular weight is 245 g/mol. The zero-order valence-electron chi connectivity index (χ0n) is 10.4. The zero-order valence-corrected chi connectivity index (χ0v) is 10.4. The number of hydrogen-bond acceptors (Lipinski definition) is 3. The maximum atomic E-state index is 10.6. The number of aryl methyl sites for hydroxylation is 3. The van der Waals surface area contributed by atoms with Gasteiger partial charge in [0.15, 0.2) is 0 Å². The molecule has 2 rings (SSSR count). The second-order valence-corrected chi connectivity index (χ2v) is 4.25. The van der Waals surface area contributed by atoms with Crippen LogP contribution in [-0.4, -0.2) is 25.6 Å². The molecule has 0 fully saturated rings. The van der Waals surface area contributed by atoms with E-state index >= 15 is 0 Å². The number of carboxylic acid groups (broad SMARTS) is 1. The molecule has 0 unspecified atom stereocenters. The first-order valence-corrected chi connectivity index (χ1v) is 5.73. The molecule has 0 bridgehead atoms. The molecule has 0 aliphatic carbocycles. The maximum absolute atomic E-state index is 10.6. The Hall–Kier alpha value is -2.17. The third kappa shape index (κ3) is 2.74. The van der Waals surface area contributed by atoms with E-state index in [0.717, 1.165) is 16.8 Å². The van der Waals surface area contributed by atoms with Gasteiger partial charge in [0, 0.05) is 37.6 Å². The van der Waals surface area contributed by atoms with Crippen LogP contribution in [0.1, 0.15) is 17.8 Å². The van der Waals surface area contributed by atoms with E-state index in [0.29, 0.717) is 12.2 Å². The highest BCUT2D eigenvalue weighted by atomic mass is 16.4. The largest absolute Gasteiger partial charge is 0.481 e. The molecule has 0 aliphatic heterocycles. The average Bonchev–Trinajstić information content (AvgIpc) is 2.74. The molecule has 94 valence electrons. The van der Waals surface area contributed by atoms with Gasteiger partial charge < -0.3 is 9.67 Å². The van der Waals surface area contributed by atoms with Gasteiger partial charge in [0.05, 0.1) is 5.69 Å². The van der Waals surface area contributed by atoms with Crippen LogP contribution in [0.4, 0.5) is 0 Å². The molecule has 1 N–H and O–H groups in total. The second-order valence-electron chi connectivity index (χ2n) is 4.25. The molecule has 5 heteroatoms. The Morgan fingerprint density at radius 1 is 1.50 bits per heavy atom. The van der Waals surface area contributed by atoms with Gasteiger partial charge in [-0.3, -0.25) is 4.79 Å². The summed E-state index contributed by atoms with van der Waals surface area (Å²) in [5.74, 6) is -0.123. The molecular formula is C13H15N3O2. The predicted molar refractivity (Wildman–Crippen MR) is 67.1 cm³/mol. The first-order chi connectivity index (χ1) is 8.56. The van der Waals surface area contributed by atoms with Crippen molar-refractivity contribution in [3.8, 4) is 11.3 Å². The molecule has 0 atom stereocenters.